The van der Waals surface area contributed by atoms with Crippen LogP contribution in [0.25, 0.3) is 0 Å². The smallest absolute Gasteiger partial charge is 0.303 e. The third-order valence-electron chi connectivity index (χ3n) is 2.86. The van der Waals surface area contributed by atoms with Gasteiger partial charge in [0, 0.05) is 34.8 Å². The standard InChI is InChI=1S/C13H10Br2N2O3/c1-16-6-9(12(19)17(2)13(16)20)11(18)8-5-7(14)3-4-10(8)15/h3-6H,1-2H3. The Labute approximate surface area is 131 Å². The first-order valence-corrected chi connectivity index (χ1v) is 7.18. The van der Waals surface area contributed by atoms with E-state index >= 15 is 0 Å². The predicted octanol–water partition coefficient (Wildman–Crippen LogP) is 1.84. The second-order valence-corrected chi connectivity index (χ2v) is 6.02. The van der Waals surface area contributed by atoms with Crippen molar-refractivity contribution in [1.82, 2.24) is 9.13 Å². The van der Waals surface area contributed by atoms with Gasteiger partial charge < -0.3 is 4.57 Å². The molecule has 0 bridgehead atoms. The fraction of sp³-hybridized carbons (Fsp3) is 0.154. The summed E-state index contributed by atoms with van der Waals surface area (Å²) in [4.78, 5) is 36.2. The molecule has 0 N–H and O–H groups in total. The molecule has 0 saturated carbocycles. The number of ketones is 1. The third-order valence-corrected chi connectivity index (χ3v) is 4.05. The Morgan fingerprint density at radius 3 is 2.40 bits per heavy atom. The van der Waals surface area contributed by atoms with Gasteiger partial charge in [0.05, 0.1) is 0 Å². The van der Waals surface area contributed by atoms with Crippen LogP contribution in [-0.2, 0) is 14.1 Å². The van der Waals surface area contributed by atoms with Crippen LogP contribution in [0.5, 0.6) is 0 Å². The summed E-state index contributed by atoms with van der Waals surface area (Å²) < 4.78 is 3.44. The van der Waals surface area contributed by atoms with Crippen LogP contribution in [0, 0.1) is 0 Å². The number of carbonyl (C=O) groups excluding carboxylic acids is 1. The quantitative estimate of drug-likeness (QED) is 0.721. The van der Waals surface area contributed by atoms with Gasteiger partial charge in [0.15, 0.2) is 0 Å². The zero-order chi connectivity index (χ0) is 15.0. The molecule has 5 nitrogen and oxygen atoms in total. The average molecular weight is 402 g/mol. The van der Waals surface area contributed by atoms with Gasteiger partial charge in [-0.2, -0.15) is 0 Å². The highest BCUT2D eigenvalue weighted by molar-refractivity contribution is 9.11. The number of aryl methyl sites for hydroxylation is 1. The Morgan fingerprint density at radius 1 is 1.10 bits per heavy atom. The van der Waals surface area contributed by atoms with Crippen molar-refractivity contribution in [1.29, 1.82) is 0 Å². The molecule has 20 heavy (non-hydrogen) atoms. The number of hydrogen-bond acceptors (Lipinski definition) is 3. The topological polar surface area (TPSA) is 61.1 Å². The van der Waals surface area contributed by atoms with Gasteiger partial charge in [-0.3, -0.25) is 14.2 Å². The molecule has 0 spiro atoms. The van der Waals surface area contributed by atoms with Crippen molar-refractivity contribution >= 4 is 37.6 Å². The van der Waals surface area contributed by atoms with Crippen LogP contribution in [0.4, 0.5) is 0 Å². The maximum absolute atomic E-state index is 12.5. The Bertz CT molecular complexity index is 821. The van der Waals surface area contributed by atoms with E-state index in [1.165, 1.54) is 24.9 Å². The van der Waals surface area contributed by atoms with Gasteiger partial charge in [0.2, 0.25) is 5.78 Å². The lowest BCUT2D eigenvalue weighted by atomic mass is 10.1. The minimum Gasteiger partial charge on any atom is -0.303 e. The van der Waals surface area contributed by atoms with Crippen LogP contribution in [0.15, 0.2) is 42.9 Å². The molecule has 0 radical (unpaired) electrons. The van der Waals surface area contributed by atoms with Crippen molar-refractivity contribution in [2.45, 2.75) is 0 Å². The van der Waals surface area contributed by atoms with E-state index in [1.807, 2.05) is 0 Å². The van der Waals surface area contributed by atoms with E-state index in [4.69, 9.17) is 0 Å². The molecule has 0 fully saturated rings. The molecule has 0 aliphatic rings. The highest BCUT2D eigenvalue weighted by Crippen LogP contribution is 2.23. The summed E-state index contributed by atoms with van der Waals surface area (Å²) in [5, 5.41) is 0. The SMILES string of the molecule is Cn1cc(C(=O)c2cc(Br)ccc2Br)c(=O)n(C)c1=O. The first-order chi connectivity index (χ1) is 9.32. The van der Waals surface area contributed by atoms with E-state index in [9.17, 15) is 14.4 Å². The van der Waals surface area contributed by atoms with Crippen molar-refractivity contribution in [3.05, 3.63) is 65.3 Å². The first-order valence-electron chi connectivity index (χ1n) is 5.59. The number of benzene rings is 1. The van der Waals surface area contributed by atoms with Crippen molar-refractivity contribution in [3.63, 3.8) is 0 Å². The molecule has 1 heterocycles. The summed E-state index contributed by atoms with van der Waals surface area (Å²) in [6.07, 6.45) is 1.26. The first kappa shape index (κ1) is 14.9. The molecule has 1 aromatic heterocycles. The average Bonchev–Trinajstić information content (AvgIpc) is 2.42. The summed E-state index contributed by atoms with van der Waals surface area (Å²) in [5.41, 5.74) is -0.770. The molecule has 0 unspecified atom stereocenters. The predicted molar refractivity (Wildman–Crippen MR) is 82.2 cm³/mol. The molecular weight excluding hydrogens is 392 g/mol. The summed E-state index contributed by atoms with van der Waals surface area (Å²) >= 11 is 6.57. The van der Waals surface area contributed by atoms with Gasteiger partial charge in [0.1, 0.15) is 5.56 Å². The normalized spacial score (nSPS) is 10.6. The van der Waals surface area contributed by atoms with Crippen LogP contribution in [0.1, 0.15) is 15.9 Å². The number of nitrogens with zero attached hydrogens (tertiary/aromatic N) is 2. The molecule has 0 amide bonds. The van der Waals surface area contributed by atoms with Crippen molar-refractivity contribution < 1.29 is 4.79 Å². The van der Waals surface area contributed by atoms with Crippen LogP contribution in [-0.4, -0.2) is 14.9 Å². The monoisotopic (exact) mass is 400 g/mol. The summed E-state index contributed by atoms with van der Waals surface area (Å²) in [7, 11) is 2.84. The highest BCUT2D eigenvalue weighted by Gasteiger charge is 2.19. The number of rotatable bonds is 2. The molecule has 0 saturated heterocycles. The van der Waals surface area contributed by atoms with Gasteiger partial charge >= 0.3 is 5.69 Å². The van der Waals surface area contributed by atoms with Gasteiger partial charge in [-0.05, 0) is 18.2 Å². The minimum absolute atomic E-state index is 0.0478. The van der Waals surface area contributed by atoms with Crippen LogP contribution < -0.4 is 11.2 Å². The van der Waals surface area contributed by atoms with Gasteiger partial charge in [-0.1, -0.05) is 31.9 Å². The second kappa shape index (κ2) is 5.49. The molecular formula is C13H10Br2N2O3. The van der Waals surface area contributed by atoms with Crippen molar-refractivity contribution in [3.8, 4) is 0 Å². The minimum atomic E-state index is -0.607. The molecule has 104 valence electrons. The van der Waals surface area contributed by atoms with Gasteiger partial charge in [0.25, 0.3) is 5.56 Å². The summed E-state index contributed by atoms with van der Waals surface area (Å²) in [5.74, 6) is -0.436. The Hall–Kier alpha value is -1.47. The highest BCUT2D eigenvalue weighted by atomic mass is 79.9. The van der Waals surface area contributed by atoms with Crippen LogP contribution in [0.3, 0.4) is 0 Å². The second-order valence-electron chi connectivity index (χ2n) is 4.25. The summed E-state index contributed by atoms with van der Waals surface area (Å²) in [6.45, 7) is 0. The van der Waals surface area contributed by atoms with Gasteiger partial charge in [-0.15, -0.1) is 0 Å². The van der Waals surface area contributed by atoms with E-state index in [-0.39, 0.29) is 5.56 Å². The van der Waals surface area contributed by atoms with Crippen LogP contribution >= 0.6 is 31.9 Å². The molecule has 0 aliphatic carbocycles. The lowest BCUT2D eigenvalue weighted by Crippen LogP contribution is -2.39. The Morgan fingerprint density at radius 2 is 1.75 bits per heavy atom. The van der Waals surface area contributed by atoms with Crippen molar-refractivity contribution in [2.24, 2.45) is 14.1 Å². The maximum Gasteiger partial charge on any atom is 0.330 e. The molecule has 7 heteroatoms. The zero-order valence-corrected chi connectivity index (χ0v) is 13.9. The number of carbonyl (C=O) groups is 1. The fourth-order valence-electron chi connectivity index (χ4n) is 1.78. The van der Waals surface area contributed by atoms with E-state index in [0.29, 0.717) is 10.0 Å². The van der Waals surface area contributed by atoms with E-state index < -0.39 is 17.0 Å². The van der Waals surface area contributed by atoms with Crippen LogP contribution in [0.2, 0.25) is 0 Å². The fourth-order valence-corrected chi connectivity index (χ4v) is 2.57. The third kappa shape index (κ3) is 2.55. The largest absolute Gasteiger partial charge is 0.330 e. The lowest BCUT2D eigenvalue weighted by Gasteiger charge is -2.07. The molecule has 2 aromatic rings. The van der Waals surface area contributed by atoms with Crippen molar-refractivity contribution in [2.75, 3.05) is 0 Å². The van der Waals surface area contributed by atoms with E-state index in [2.05, 4.69) is 31.9 Å². The Kier molecular flexibility index (Phi) is 4.10. The maximum atomic E-state index is 12.5. The zero-order valence-electron chi connectivity index (χ0n) is 10.7. The summed E-state index contributed by atoms with van der Waals surface area (Å²) in [6, 6.07) is 5.11. The lowest BCUT2D eigenvalue weighted by molar-refractivity contribution is 0.103. The molecule has 1 aromatic carbocycles. The molecule has 2 rings (SSSR count). The molecule has 0 aliphatic heterocycles. The van der Waals surface area contributed by atoms with E-state index in [1.54, 1.807) is 18.2 Å². The van der Waals surface area contributed by atoms with Gasteiger partial charge in [-0.25, -0.2) is 4.79 Å². The van der Waals surface area contributed by atoms with E-state index in [0.717, 1.165) is 9.04 Å². The number of halogens is 2. The molecule has 0 atom stereocenters. The number of hydrogen-bond donors (Lipinski definition) is 0. The Balaban J connectivity index is 2.69. The number of aromatic nitrogens is 2.